The summed E-state index contributed by atoms with van der Waals surface area (Å²) in [7, 11) is 0. The average molecular weight is 164 g/mol. The highest BCUT2D eigenvalue weighted by molar-refractivity contribution is 6.18. The fourth-order valence-corrected chi connectivity index (χ4v) is 0.692. The van der Waals surface area contributed by atoms with Gasteiger partial charge in [0, 0.05) is 12.3 Å². The molecule has 4 heteroatoms. The van der Waals surface area contributed by atoms with Gasteiger partial charge in [-0.3, -0.25) is 0 Å². The quantitative estimate of drug-likeness (QED) is 0.584. The predicted octanol–water partition coefficient (Wildman–Crippen LogP) is 0.251. The lowest BCUT2D eigenvalue weighted by Gasteiger charge is -2.09. The molecular formula is C6H10ClNO2. The van der Waals surface area contributed by atoms with Crippen LogP contribution in [0.4, 0.5) is 0 Å². The number of hydrogen-bond donors (Lipinski definition) is 2. The van der Waals surface area contributed by atoms with Crippen molar-refractivity contribution in [1.29, 1.82) is 5.26 Å². The minimum Gasteiger partial charge on any atom is -0.392 e. The Balaban J connectivity index is 3.38. The SMILES string of the molecule is N#CC[C@H](O)C[C@H](O)CCl. The van der Waals surface area contributed by atoms with E-state index in [4.69, 9.17) is 27.1 Å². The van der Waals surface area contributed by atoms with Crippen LogP contribution in [0, 0.1) is 11.3 Å². The minimum atomic E-state index is -0.751. The Labute approximate surface area is 64.8 Å². The standard InChI is InChI=1S/C6H10ClNO2/c7-4-6(10)3-5(9)1-2-8/h5-6,9-10H,1,3-4H2/t5-,6-/m0/s1. The molecule has 0 spiro atoms. The van der Waals surface area contributed by atoms with Crippen molar-refractivity contribution in [3.63, 3.8) is 0 Å². The van der Waals surface area contributed by atoms with Crippen LogP contribution in [0.3, 0.4) is 0 Å². The van der Waals surface area contributed by atoms with Crippen molar-refractivity contribution in [2.45, 2.75) is 25.0 Å². The molecule has 0 aliphatic rings. The van der Waals surface area contributed by atoms with Gasteiger partial charge in [-0.2, -0.15) is 5.26 Å². The van der Waals surface area contributed by atoms with Gasteiger partial charge in [0.25, 0.3) is 0 Å². The number of rotatable bonds is 4. The van der Waals surface area contributed by atoms with Crippen LogP contribution in [0.2, 0.25) is 0 Å². The molecule has 0 aromatic carbocycles. The van der Waals surface area contributed by atoms with E-state index >= 15 is 0 Å². The van der Waals surface area contributed by atoms with E-state index in [-0.39, 0.29) is 18.7 Å². The van der Waals surface area contributed by atoms with Crippen molar-refractivity contribution in [3.05, 3.63) is 0 Å². The third kappa shape index (κ3) is 4.57. The summed E-state index contributed by atoms with van der Waals surface area (Å²) >= 11 is 5.25. The van der Waals surface area contributed by atoms with Gasteiger partial charge in [0.05, 0.1) is 24.7 Å². The zero-order chi connectivity index (χ0) is 7.98. The number of aliphatic hydroxyl groups excluding tert-OH is 2. The van der Waals surface area contributed by atoms with Crippen LogP contribution >= 0.6 is 11.6 Å². The molecule has 0 unspecified atom stereocenters. The lowest BCUT2D eigenvalue weighted by atomic mass is 10.1. The predicted molar refractivity (Wildman–Crippen MR) is 37.6 cm³/mol. The topological polar surface area (TPSA) is 64.2 Å². The summed E-state index contributed by atoms with van der Waals surface area (Å²) in [4.78, 5) is 0. The Morgan fingerprint density at radius 3 is 2.40 bits per heavy atom. The maximum absolute atomic E-state index is 8.91. The second-order valence-corrected chi connectivity index (χ2v) is 2.37. The highest BCUT2D eigenvalue weighted by atomic mass is 35.5. The molecule has 58 valence electrons. The maximum Gasteiger partial charge on any atom is 0.0700 e. The summed E-state index contributed by atoms with van der Waals surface area (Å²) in [5.41, 5.74) is 0. The summed E-state index contributed by atoms with van der Waals surface area (Å²) in [5, 5.41) is 25.9. The molecule has 0 bridgehead atoms. The van der Waals surface area contributed by atoms with Crippen molar-refractivity contribution in [3.8, 4) is 6.07 Å². The molecule has 0 amide bonds. The molecule has 0 radical (unpaired) electrons. The molecule has 10 heavy (non-hydrogen) atoms. The zero-order valence-electron chi connectivity index (χ0n) is 5.50. The van der Waals surface area contributed by atoms with Crippen molar-refractivity contribution in [2.75, 3.05) is 5.88 Å². The van der Waals surface area contributed by atoms with Gasteiger partial charge in [-0.15, -0.1) is 11.6 Å². The molecule has 0 saturated carbocycles. The lowest BCUT2D eigenvalue weighted by molar-refractivity contribution is 0.0951. The average Bonchev–Trinajstić information content (AvgIpc) is 1.88. The molecule has 0 saturated heterocycles. The third-order valence-corrected chi connectivity index (χ3v) is 1.41. The Bertz CT molecular complexity index is 123. The Morgan fingerprint density at radius 2 is 2.00 bits per heavy atom. The molecule has 2 N–H and O–H groups in total. The van der Waals surface area contributed by atoms with Crippen molar-refractivity contribution < 1.29 is 10.2 Å². The first-order chi connectivity index (χ1) is 4.70. The fraction of sp³-hybridized carbons (Fsp3) is 0.833. The molecule has 2 atom stereocenters. The first-order valence-corrected chi connectivity index (χ1v) is 3.53. The Kier molecular flexibility index (Phi) is 5.32. The largest absolute Gasteiger partial charge is 0.392 e. The van der Waals surface area contributed by atoms with E-state index in [1.54, 1.807) is 6.07 Å². The summed E-state index contributed by atoms with van der Waals surface area (Å²) in [6.45, 7) is 0. The van der Waals surface area contributed by atoms with Gasteiger partial charge in [0.1, 0.15) is 0 Å². The van der Waals surface area contributed by atoms with E-state index < -0.39 is 12.2 Å². The number of hydrogen-bond acceptors (Lipinski definition) is 3. The van der Waals surface area contributed by atoms with Crippen molar-refractivity contribution in [1.82, 2.24) is 0 Å². The van der Waals surface area contributed by atoms with Gasteiger partial charge in [0.2, 0.25) is 0 Å². The number of nitriles is 1. The number of aliphatic hydroxyl groups is 2. The Morgan fingerprint density at radius 1 is 1.40 bits per heavy atom. The van der Waals surface area contributed by atoms with Gasteiger partial charge in [-0.05, 0) is 0 Å². The van der Waals surface area contributed by atoms with E-state index in [1.165, 1.54) is 0 Å². The van der Waals surface area contributed by atoms with E-state index in [0.717, 1.165) is 0 Å². The highest BCUT2D eigenvalue weighted by Gasteiger charge is 2.09. The van der Waals surface area contributed by atoms with Crippen molar-refractivity contribution in [2.24, 2.45) is 0 Å². The molecule has 0 heterocycles. The summed E-state index contributed by atoms with van der Waals surface area (Å²) in [6, 6.07) is 1.79. The molecule has 0 rings (SSSR count). The van der Waals surface area contributed by atoms with Crippen LogP contribution in [-0.2, 0) is 0 Å². The smallest absolute Gasteiger partial charge is 0.0700 e. The van der Waals surface area contributed by atoms with E-state index in [2.05, 4.69) is 0 Å². The van der Waals surface area contributed by atoms with Crippen LogP contribution in [0.25, 0.3) is 0 Å². The molecule has 0 aliphatic heterocycles. The maximum atomic E-state index is 8.91. The van der Waals surface area contributed by atoms with Crippen LogP contribution in [0.5, 0.6) is 0 Å². The lowest BCUT2D eigenvalue weighted by Crippen LogP contribution is -2.18. The third-order valence-electron chi connectivity index (χ3n) is 1.05. The second kappa shape index (κ2) is 5.48. The highest BCUT2D eigenvalue weighted by Crippen LogP contribution is 2.02. The van der Waals surface area contributed by atoms with Gasteiger partial charge >= 0.3 is 0 Å². The van der Waals surface area contributed by atoms with Crippen molar-refractivity contribution >= 4 is 11.6 Å². The number of nitrogens with zero attached hydrogens (tertiary/aromatic N) is 1. The first-order valence-electron chi connectivity index (χ1n) is 2.99. The molecule has 0 aromatic heterocycles. The normalized spacial score (nSPS) is 15.8. The van der Waals surface area contributed by atoms with E-state index in [9.17, 15) is 0 Å². The van der Waals surface area contributed by atoms with E-state index in [0.29, 0.717) is 0 Å². The fourth-order valence-electron chi connectivity index (χ4n) is 0.566. The summed E-state index contributed by atoms with van der Waals surface area (Å²) < 4.78 is 0. The van der Waals surface area contributed by atoms with Crippen LogP contribution in [-0.4, -0.2) is 28.3 Å². The molecule has 0 aromatic rings. The number of alkyl halides is 1. The van der Waals surface area contributed by atoms with Crippen LogP contribution < -0.4 is 0 Å². The van der Waals surface area contributed by atoms with Gasteiger partial charge in [-0.1, -0.05) is 0 Å². The molecular weight excluding hydrogens is 154 g/mol. The summed E-state index contributed by atoms with van der Waals surface area (Å²) in [6.07, 6.45) is -1.23. The molecule has 3 nitrogen and oxygen atoms in total. The van der Waals surface area contributed by atoms with Gasteiger partial charge in [-0.25, -0.2) is 0 Å². The zero-order valence-corrected chi connectivity index (χ0v) is 6.25. The minimum absolute atomic E-state index is 0.0496. The Hall–Kier alpha value is -0.300. The van der Waals surface area contributed by atoms with E-state index in [1.807, 2.05) is 0 Å². The van der Waals surface area contributed by atoms with Gasteiger partial charge < -0.3 is 10.2 Å². The summed E-state index contributed by atoms with van der Waals surface area (Å²) in [5.74, 6) is 0.0997. The first kappa shape index (κ1) is 9.70. The monoisotopic (exact) mass is 163 g/mol. The second-order valence-electron chi connectivity index (χ2n) is 2.06. The van der Waals surface area contributed by atoms with Gasteiger partial charge in [0.15, 0.2) is 0 Å². The van der Waals surface area contributed by atoms with Crippen LogP contribution in [0.1, 0.15) is 12.8 Å². The molecule has 0 fully saturated rings. The number of halogens is 1. The van der Waals surface area contributed by atoms with Crippen LogP contribution in [0.15, 0.2) is 0 Å². The molecule has 0 aliphatic carbocycles.